The third-order valence-corrected chi connectivity index (χ3v) is 1.15. The summed E-state index contributed by atoms with van der Waals surface area (Å²) < 4.78 is 1.36. The second-order valence-corrected chi connectivity index (χ2v) is 1.87. The molecule has 0 N–H and O–H groups in total. The van der Waals surface area contributed by atoms with Gasteiger partial charge in [0.2, 0.25) is 0 Å². The molecule has 1 radical (unpaired) electrons. The molecule has 5 heteroatoms. The molecule has 0 unspecified atom stereocenters. The normalized spacial score (nSPS) is 9.80. The highest BCUT2D eigenvalue weighted by atomic mass is 16.6. The molecule has 1 aromatic rings. The fraction of sp³-hybridized carbons (Fsp3) is 0.200. The van der Waals surface area contributed by atoms with Crippen molar-refractivity contribution in [1.29, 1.82) is 0 Å². The lowest BCUT2D eigenvalue weighted by atomic mass is 10.5. The van der Waals surface area contributed by atoms with Crippen molar-refractivity contribution in [2.45, 2.75) is 0 Å². The summed E-state index contributed by atoms with van der Waals surface area (Å²) in [5, 5.41) is 13.6. The van der Waals surface area contributed by atoms with Gasteiger partial charge in [0.05, 0.1) is 23.9 Å². The van der Waals surface area contributed by atoms with Crippen molar-refractivity contribution >= 4 is 5.82 Å². The van der Waals surface area contributed by atoms with E-state index >= 15 is 0 Å². The summed E-state index contributed by atoms with van der Waals surface area (Å²) in [7, 11) is 1.61. The van der Waals surface area contributed by atoms with Gasteiger partial charge >= 0.3 is 5.82 Å². The van der Waals surface area contributed by atoms with Crippen LogP contribution >= 0.6 is 0 Å². The van der Waals surface area contributed by atoms with Gasteiger partial charge in [0.1, 0.15) is 0 Å². The van der Waals surface area contributed by atoms with Crippen molar-refractivity contribution in [3.05, 3.63) is 28.8 Å². The first-order valence-electron chi connectivity index (χ1n) is 2.61. The number of aryl methyl sites for hydroxylation is 1. The molecule has 0 atom stereocenters. The van der Waals surface area contributed by atoms with Gasteiger partial charge in [-0.1, -0.05) is 0 Å². The predicted octanol–water partition coefficient (Wildman–Crippen LogP) is 0.510. The lowest BCUT2D eigenvalue weighted by Gasteiger charge is -1.81. The van der Waals surface area contributed by atoms with Gasteiger partial charge in [-0.15, -0.1) is 0 Å². The molecule has 0 spiro atoms. The average Bonchev–Trinajstić information content (AvgIpc) is 2.13. The maximum absolute atomic E-state index is 10.1. The molecule has 0 aliphatic rings. The van der Waals surface area contributed by atoms with E-state index in [-0.39, 0.29) is 5.82 Å². The second kappa shape index (κ2) is 2.09. The Morgan fingerprint density at radius 2 is 2.50 bits per heavy atom. The Bertz CT molecular complexity index is 246. The molecule has 0 saturated carbocycles. The second-order valence-electron chi connectivity index (χ2n) is 1.87. The lowest BCUT2D eigenvalue weighted by molar-refractivity contribution is -0.389. The Balaban J connectivity index is 3.10. The lowest BCUT2D eigenvalue weighted by Crippen LogP contribution is -1.94. The van der Waals surface area contributed by atoms with Crippen molar-refractivity contribution in [3.63, 3.8) is 0 Å². The maximum Gasteiger partial charge on any atom is 0.390 e. The number of rotatable bonds is 1. The number of hydrogen-bond donors (Lipinski definition) is 0. The quantitative estimate of drug-likeness (QED) is 0.421. The average molecular weight is 140 g/mol. The molecule has 0 aliphatic carbocycles. The van der Waals surface area contributed by atoms with E-state index in [0.29, 0.717) is 5.69 Å². The SMILES string of the molecule is [CH2]c1cc([N+](=O)[O-])nn1C. The smallest absolute Gasteiger partial charge is 0.358 e. The van der Waals surface area contributed by atoms with Crippen LogP contribution in [-0.2, 0) is 7.05 Å². The summed E-state index contributed by atoms with van der Waals surface area (Å²) in [5.74, 6) is -0.160. The minimum atomic E-state index is -0.547. The molecule has 1 rings (SSSR count). The van der Waals surface area contributed by atoms with Gasteiger partial charge < -0.3 is 10.1 Å². The largest absolute Gasteiger partial charge is 0.390 e. The van der Waals surface area contributed by atoms with Crippen LogP contribution < -0.4 is 0 Å². The monoisotopic (exact) mass is 140 g/mol. The van der Waals surface area contributed by atoms with E-state index in [1.54, 1.807) is 7.05 Å². The van der Waals surface area contributed by atoms with Crippen LogP contribution in [0.25, 0.3) is 0 Å². The number of aromatic nitrogens is 2. The summed E-state index contributed by atoms with van der Waals surface area (Å²) >= 11 is 0. The van der Waals surface area contributed by atoms with E-state index in [0.717, 1.165) is 0 Å². The third kappa shape index (κ3) is 0.975. The number of hydrogen-bond acceptors (Lipinski definition) is 3. The molecule has 53 valence electrons. The van der Waals surface area contributed by atoms with Gasteiger partial charge in [-0.3, -0.25) is 0 Å². The third-order valence-electron chi connectivity index (χ3n) is 1.15. The highest BCUT2D eigenvalue weighted by Crippen LogP contribution is 2.08. The Morgan fingerprint density at radius 1 is 1.90 bits per heavy atom. The molecule has 0 amide bonds. The standard InChI is InChI=1S/C5H6N3O2/c1-4-3-5(8(9)10)6-7(4)2/h3H,1H2,2H3. The fourth-order valence-corrected chi connectivity index (χ4v) is 0.578. The van der Waals surface area contributed by atoms with Crippen LogP contribution in [0.3, 0.4) is 0 Å². The van der Waals surface area contributed by atoms with Crippen molar-refractivity contribution in [3.8, 4) is 0 Å². The van der Waals surface area contributed by atoms with Crippen LogP contribution in [0, 0.1) is 17.0 Å². The highest BCUT2D eigenvalue weighted by Gasteiger charge is 2.11. The summed E-state index contributed by atoms with van der Waals surface area (Å²) in [6.07, 6.45) is 0. The van der Waals surface area contributed by atoms with Gasteiger partial charge in [0.25, 0.3) is 0 Å². The predicted molar refractivity (Wildman–Crippen MR) is 34.3 cm³/mol. The Morgan fingerprint density at radius 3 is 2.70 bits per heavy atom. The maximum atomic E-state index is 10.1. The van der Waals surface area contributed by atoms with Crippen molar-refractivity contribution in [2.24, 2.45) is 7.05 Å². The number of nitro groups is 1. The van der Waals surface area contributed by atoms with Gasteiger partial charge in [-0.2, -0.15) is 4.68 Å². The van der Waals surface area contributed by atoms with Gasteiger partial charge in [0.15, 0.2) is 0 Å². The molecule has 0 aromatic carbocycles. The molecule has 0 saturated heterocycles. The van der Waals surface area contributed by atoms with E-state index < -0.39 is 4.92 Å². The summed E-state index contributed by atoms with van der Waals surface area (Å²) in [6.45, 7) is 3.52. The first-order valence-corrected chi connectivity index (χ1v) is 2.61. The van der Waals surface area contributed by atoms with E-state index in [1.165, 1.54) is 10.7 Å². The molecular weight excluding hydrogens is 134 g/mol. The molecule has 0 bridgehead atoms. The molecule has 0 aliphatic heterocycles. The minimum absolute atomic E-state index is 0.160. The molecule has 1 heterocycles. The molecule has 1 aromatic heterocycles. The van der Waals surface area contributed by atoms with E-state index in [9.17, 15) is 10.1 Å². The van der Waals surface area contributed by atoms with E-state index in [1.807, 2.05) is 0 Å². The van der Waals surface area contributed by atoms with E-state index in [2.05, 4.69) is 12.0 Å². The summed E-state index contributed by atoms with van der Waals surface area (Å²) in [4.78, 5) is 9.52. The Labute approximate surface area is 57.4 Å². The first-order chi connectivity index (χ1) is 4.61. The summed E-state index contributed by atoms with van der Waals surface area (Å²) in [6, 6.07) is 1.32. The van der Waals surface area contributed by atoms with Crippen LogP contribution in [-0.4, -0.2) is 14.7 Å². The van der Waals surface area contributed by atoms with Crippen LogP contribution in [0.15, 0.2) is 6.07 Å². The van der Waals surface area contributed by atoms with Crippen molar-refractivity contribution in [2.75, 3.05) is 0 Å². The van der Waals surface area contributed by atoms with E-state index in [4.69, 9.17) is 0 Å². The molecule has 0 fully saturated rings. The van der Waals surface area contributed by atoms with Crippen LogP contribution in [0.1, 0.15) is 5.69 Å². The Hall–Kier alpha value is -1.39. The fourth-order valence-electron chi connectivity index (χ4n) is 0.578. The zero-order valence-electron chi connectivity index (χ0n) is 5.44. The minimum Gasteiger partial charge on any atom is -0.358 e. The van der Waals surface area contributed by atoms with Crippen molar-refractivity contribution in [1.82, 2.24) is 9.78 Å². The zero-order valence-corrected chi connectivity index (χ0v) is 5.44. The van der Waals surface area contributed by atoms with Gasteiger partial charge in [0, 0.05) is 0 Å². The first kappa shape index (κ1) is 6.73. The topological polar surface area (TPSA) is 61.0 Å². The van der Waals surface area contributed by atoms with Crippen LogP contribution in [0.4, 0.5) is 5.82 Å². The van der Waals surface area contributed by atoms with Crippen LogP contribution in [0.2, 0.25) is 0 Å². The molecule has 5 nitrogen and oxygen atoms in total. The molecular formula is C5H6N3O2. The van der Waals surface area contributed by atoms with Crippen LogP contribution in [0.5, 0.6) is 0 Å². The highest BCUT2D eigenvalue weighted by molar-refractivity contribution is 5.23. The zero-order chi connectivity index (χ0) is 7.72. The Kier molecular flexibility index (Phi) is 1.41. The van der Waals surface area contributed by atoms with Crippen molar-refractivity contribution < 1.29 is 4.92 Å². The van der Waals surface area contributed by atoms with Gasteiger partial charge in [-0.25, -0.2) is 0 Å². The van der Waals surface area contributed by atoms with Gasteiger partial charge in [-0.05, 0) is 11.8 Å². The number of nitrogens with zero attached hydrogens (tertiary/aromatic N) is 3. The molecule has 10 heavy (non-hydrogen) atoms. The summed E-state index contributed by atoms with van der Waals surface area (Å²) in [5.41, 5.74) is 0.534.